The summed E-state index contributed by atoms with van der Waals surface area (Å²) in [5.74, 6) is 1.69. The first kappa shape index (κ1) is 18.1. The predicted molar refractivity (Wildman–Crippen MR) is 99.2 cm³/mol. The number of hydrogen-bond acceptors (Lipinski definition) is 7. The molecular formula is C18H24N6O2. The molecule has 8 nitrogen and oxygen atoms in total. The van der Waals surface area contributed by atoms with Gasteiger partial charge in [0.15, 0.2) is 5.82 Å². The lowest BCUT2D eigenvalue weighted by atomic mass is 10.1. The molecule has 1 saturated heterocycles. The van der Waals surface area contributed by atoms with Gasteiger partial charge < -0.3 is 19.9 Å². The van der Waals surface area contributed by atoms with Gasteiger partial charge in [0.2, 0.25) is 17.8 Å². The van der Waals surface area contributed by atoms with Crippen LogP contribution >= 0.6 is 0 Å². The van der Waals surface area contributed by atoms with Crippen molar-refractivity contribution in [2.45, 2.75) is 13.0 Å². The number of morpholine rings is 1. The maximum absolute atomic E-state index is 12.2. The Balaban J connectivity index is 1.67. The van der Waals surface area contributed by atoms with Gasteiger partial charge in [0.25, 0.3) is 0 Å². The standard InChI is InChI=1S/C18H24N6O2/c1-23(2)17-20-15(21-18(22-17)24-8-10-26-11-9-24)13-19-16(25)12-14-6-4-3-5-7-14/h3-7H,8-13H2,1-2H3,(H,19,25). The van der Waals surface area contributed by atoms with E-state index < -0.39 is 0 Å². The van der Waals surface area contributed by atoms with Crippen LogP contribution in [-0.4, -0.2) is 61.3 Å². The Kier molecular flexibility index (Phi) is 5.96. The number of hydrogen-bond donors (Lipinski definition) is 1. The Labute approximate surface area is 153 Å². The second kappa shape index (κ2) is 8.57. The number of nitrogens with zero attached hydrogens (tertiary/aromatic N) is 5. The van der Waals surface area contributed by atoms with E-state index >= 15 is 0 Å². The first-order valence-corrected chi connectivity index (χ1v) is 8.67. The molecule has 1 aliphatic rings. The molecule has 0 unspecified atom stereocenters. The Morgan fingerprint density at radius 3 is 2.58 bits per heavy atom. The van der Waals surface area contributed by atoms with E-state index in [-0.39, 0.29) is 12.5 Å². The van der Waals surface area contributed by atoms with Crippen molar-refractivity contribution < 1.29 is 9.53 Å². The first-order valence-electron chi connectivity index (χ1n) is 8.67. The average molecular weight is 356 g/mol. The third-order valence-electron chi connectivity index (χ3n) is 4.00. The van der Waals surface area contributed by atoms with E-state index in [1.165, 1.54) is 0 Å². The van der Waals surface area contributed by atoms with Gasteiger partial charge in [-0.3, -0.25) is 4.79 Å². The summed E-state index contributed by atoms with van der Waals surface area (Å²) in [6.07, 6.45) is 0.336. The van der Waals surface area contributed by atoms with Gasteiger partial charge in [-0.15, -0.1) is 0 Å². The fraction of sp³-hybridized carbons (Fsp3) is 0.444. The van der Waals surface area contributed by atoms with E-state index in [2.05, 4.69) is 25.2 Å². The van der Waals surface area contributed by atoms with Gasteiger partial charge in [-0.1, -0.05) is 30.3 Å². The maximum atomic E-state index is 12.2. The van der Waals surface area contributed by atoms with Crippen LogP contribution in [-0.2, 0) is 22.5 Å². The number of anilines is 2. The highest BCUT2D eigenvalue weighted by atomic mass is 16.5. The van der Waals surface area contributed by atoms with Gasteiger partial charge in [-0.2, -0.15) is 15.0 Å². The molecule has 138 valence electrons. The molecule has 8 heteroatoms. The van der Waals surface area contributed by atoms with Crippen LogP contribution in [0, 0.1) is 0 Å². The zero-order valence-corrected chi connectivity index (χ0v) is 15.2. The van der Waals surface area contributed by atoms with Crippen molar-refractivity contribution in [3.63, 3.8) is 0 Å². The van der Waals surface area contributed by atoms with Crippen molar-refractivity contribution in [2.75, 3.05) is 50.2 Å². The number of ether oxygens (including phenoxy) is 1. The summed E-state index contributed by atoms with van der Waals surface area (Å²) < 4.78 is 5.38. The molecule has 0 spiro atoms. The molecule has 1 aromatic heterocycles. The zero-order valence-electron chi connectivity index (χ0n) is 15.2. The highest BCUT2D eigenvalue weighted by molar-refractivity contribution is 5.78. The molecule has 1 N–H and O–H groups in total. The molecule has 0 saturated carbocycles. The van der Waals surface area contributed by atoms with E-state index in [1.807, 2.05) is 49.3 Å². The van der Waals surface area contributed by atoms with Crippen LogP contribution in [0.5, 0.6) is 0 Å². The summed E-state index contributed by atoms with van der Waals surface area (Å²) in [5.41, 5.74) is 0.976. The van der Waals surface area contributed by atoms with Crippen LogP contribution in [0.1, 0.15) is 11.4 Å². The van der Waals surface area contributed by atoms with Gasteiger partial charge in [-0.05, 0) is 5.56 Å². The first-order chi connectivity index (χ1) is 12.6. The van der Waals surface area contributed by atoms with Crippen LogP contribution in [0.2, 0.25) is 0 Å². The molecule has 1 aromatic carbocycles. The average Bonchev–Trinajstić information content (AvgIpc) is 2.67. The van der Waals surface area contributed by atoms with Crippen molar-refractivity contribution in [3.8, 4) is 0 Å². The minimum Gasteiger partial charge on any atom is -0.378 e. The topological polar surface area (TPSA) is 83.5 Å². The molecule has 0 aliphatic carbocycles. The predicted octanol–water partition coefficient (Wildman–Crippen LogP) is 0.633. The summed E-state index contributed by atoms with van der Waals surface area (Å²) in [6.45, 7) is 3.08. The fourth-order valence-electron chi connectivity index (χ4n) is 2.60. The molecule has 2 aromatic rings. The number of nitrogens with one attached hydrogen (secondary N) is 1. The van der Waals surface area contributed by atoms with Crippen molar-refractivity contribution in [1.29, 1.82) is 0 Å². The van der Waals surface area contributed by atoms with E-state index in [4.69, 9.17) is 4.74 Å². The zero-order chi connectivity index (χ0) is 18.4. The lowest BCUT2D eigenvalue weighted by Crippen LogP contribution is -2.38. The van der Waals surface area contributed by atoms with E-state index in [1.54, 1.807) is 0 Å². The van der Waals surface area contributed by atoms with E-state index in [0.717, 1.165) is 18.7 Å². The summed E-state index contributed by atoms with van der Waals surface area (Å²) in [4.78, 5) is 29.6. The molecule has 3 rings (SSSR count). The minimum absolute atomic E-state index is 0.0593. The summed E-state index contributed by atoms with van der Waals surface area (Å²) in [5, 5.41) is 2.89. The van der Waals surface area contributed by atoms with Crippen LogP contribution < -0.4 is 15.1 Å². The Bertz CT molecular complexity index is 732. The normalized spacial score (nSPS) is 14.2. The van der Waals surface area contributed by atoms with Gasteiger partial charge in [-0.25, -0.2) is 0 Å². The fourth-order valence-corrected chi connectivity index (χ4v) is 2.60. The number of aromatic nitrogens is 3. The second-order valence-corrected chi connectivity index (χ2v) is 6.28. The summed E-state index contributed by atoms with van der Waals surface area (Å²) in [6, 6.07) is 9.65. The lowest BCUT2D eigenvalue weighted by Gasteiger charge is -2.27. The minimum atomic E-state index is -0.0593. The Morgan fingerprint density at radius 2 is 1.88 bits per heavy atom. The van der Waals surface area contributed by atoms with E-state index in [9.17, 15) is 4.79 Å². The molecular weight excluding hydrogens is 332 g/mol. The molecule has 0 bridgehead atoms. The Hall–Kier alpha value is -2.74. The summed E-state index contributed by atoms with van der Waals surface area (Å²) in [7, 11) is 3.77. The summed E-state index contributed by atoms with van der Waals surface area (Å²) >= 11 is 0. The van der Waals surface area contributed by atoms with Crippen molar-refractivity contribution in [2.24, 2.45) is 0 Å². The third-order valence-corrected chi connectivity index (χ3v) is 4.00. The Morgan fingerprint density at radius 1 is 1.15 bits per heavy atom. The maximum Gasteiger partial charge on any atom is 0.230 e. The van der Waals surface area contributed by atoms with Crippen molar-refractivity contribution in [1.82, 2.24) is 20.3 Å². The van der Waals surface area contributed by atoms with Gasteiger partial charge in [0, 0.05) is 27.2 Å². The highest BCUT2D eigenvalue weighted by Gasteiger charge is 2.17. The van der Waals surface area contributed by atoms with Crippen LogP contribution in [0.4, 0.5) is 11.9 Å². The number of amides is 1. The number of rotatable bonds is 6. The molecule has 0 atom stereocenters. The van der Waals surface area contributed by atoms with Crippen LogP contribution in [0.3, 0.4) is 0 Å². The van der Waals surface area contributed by atoms with Gasteiger partial charge in [0.1, 0.15) is 0 Å². The largest absolute Gasteiger partial charge is 0.378 e. The van der Waals surface area contributed by atoms with Crippen molar-refractivity contribution in [3.05, 3.63) is 41.7 Å². The quantitative estimate of drug-likeness (QED) is 0.813. The van der Waals surface area contributed by atoms with Crippen LogP contribution in [0.25, 0.3) is 0 Å². The van der Waals surface area contributed by atoms with Crippen LogP contribution in [0.15, 0.2) is 30.3 Å². The third kappa shape index (κ3) is 4.89. The second-order valence-electron chi connectivity index (χ2n) is 6.28. The lowest BCUT2D eigenvalue weighted by molar-refractivity contribution is -0.120. The monoisotopic (exact) mass is 356 g/mol. The molecule has 1 amide bonds. The van der Waals surface area contributed by atoms with Crippen molar-refractivity contribution >= 4 is 17.8 Å². The number of benzene rings is 1. The van der Waals surface area contributed by atoms with Gasteiger partial charge >= 0.3 is 0 Å². The molecule has 0 radical (unpaired) electrons. The molecule has 1 aliphatic heterocycles. The number of carbonyl (C=O) groups excluding carboxylic acids is 1. The molecule has 1 fully saturated rings. The van der Waals surface area contributed by atoms with E-state index in [0.29, 0.717) is 37.4 Å². The molecule has 26 heavy (non-hydrogen) atoms. The molecule has 2 heterocycles. The van der Waals surface area contributed by atoms with Gasteiger partial charge in [0.05, 0.1) is 26.2 Å². The highest BCUT2D eigenvalue weighted by Crippen LogP contribution is 2.14. The SMILES string of the molecule is CN(C)c1nc(CNC(=O)Cc2ccccc2)nc(N2CCOCC2)n1. The smallest absolute Gasteiger partial charge is 0.230 e. The number of carbonyl (C=O) groups is 1.